The summed E-state index contributed by atoms with van der Waals surface area (Å²) in [5.74, 6) is -0.105. The third-order valence-electron chi connectivity index (χ3n) is 2.95. The normalized spacial score (nSPS) is 10.1. The Bertz CT molecular complexity index is 711. The van der Waals surface area contributed by atoms with Gasteiger partial charge in [0.2, 0.25) is 0 Å². The van der Waals surface area contributed by atoms with E-state index in [0.29, 0.717) is 40.1 Å². The molecule has 0 spiro atoms. The van der Waals surface area contributed by atoms with E-state index in [1.807, 2.05) is 13.8 Å². The first-order valence-corrected chi connectivity index (χ1v) is 8.25. The highest BCUT2D eigenvalue weighted by Gasteiger charge is 2.16. The molecule has 0 bridgehead atoms. The maximum Gasteiger partial charge on any atom is 0.347 e. The first-order chi connectivity index (χ1) is 11.4. The predicted molar refractivity (Wildman–Crippen MR) is 95.1 cm³/mol. The van der Waals surface area contributed by atoms with E-state index >= 15 is 0 Å². The average molecular weight is 350 g/mol. The van der Waals surface area contributed by atoms with Gasteiger partial charge in [0.05, 0.1) is 17.9 Å². The topological polar surface area (TPSA) is 103 Å². The van der Waals surface area contributed by atoms with E-state index < -0.39 is 5.97 Å². The van der Waals surface area contributed by atoms with Crippen molar-refractivity contribution >= 4 is 23.6 Å². The number of hydrogen-bond acceptors (Lipinski definition) is 6. The minimum absolute atomic E-state index is 0.211. The molecule has 1 heterocycles. The number of benzene rings is 1. The van der Waals surface area contributed by atoms with Gasteiger partial charge in [0.15, 0.2) is 6.29 Å². The molecule has 7 heteroatoms. The van der Waals surface area contributed by atoms with Gasteiger partial charge in [0, 0.05) is 5.56 Å². The molecule has 6 nitrogen and oxygen atoms in total. The third kappa shape index (κ3) is 4.87. The predicted octanol–water partition coefficient (Wildman–Crippen LogP) is 3.24. The van der Waals surface area contributed by atoms with Gasteiger partial charge in [-0.1, -0.05) is 13.8 Å². The van der Waals surface area contributed by atoms with Crippen LogP contribution in [0, 0.1) is 12.8 Å². The minimum atomic E-state index is -0.992. The zero-order valence-electron chi connectivity index (χ0n) is 14.2. The van der Waals surface area contributed by atoms with Gasteiger partial charge in [0.1, 0.15) is 15.6 Å². The lowest BCUT2D eigenvalue weighted by molar-refractivity contribution is 0.0701. The number of rotatable bonds is 6. The molecule has 0 amide bonds. The Balaban J connectivity index is 0.00000139. The van der Waals surface area contributed by atoms with Crippen LogP contribution >= 0.6 is 11.3 Å². The van der Waals surface area contributed by atoms with Crippen molar-refractivity contribution in [3.63, 3.8) is 0 Å². The quantitative estimate of drug-likeness (QED) is 0.775. The molecule has 2 rings (SSSR count). The SMILES string of the molecule is CN.Cc1nc(-c2ccc(OCC(C)C)c(C=O)c2)sc1C(=O)O. The summed E-state index contributed by atoms with van der Waals surface area (Å²) < 4.78 is 5.61. The number of aldehydes is 1. The van der Waals surface area contributed by atoms with Crippen LogP contribution in [0.1, 0.15) is 39.6 Å². The van der Waals surface area contributed by atoms with Gasteiger partial charge >= 0.3 is 5.97 Å². The molecule has 0 aliphatic rings. The van der Waals surface area contributed by atoms with Gasteiger partial charge < -0.3 is 15.6 Å². The highest BCUT2D eigenvalue weighted by molar-refractivity contribution is 7.17. The maximum absolute atomic E-state index is 11.2. The summed E-state index contributed by atoms with van der Waals surface area (Å²) >= 11 is 1.10. The lowest BCUT2D eigenvalue weighted by atomic mass is 10.1. The molecule has 130 valence electrons. The molecule has 24 heavy (non-hydrogen) atoms. The van der Waals surface area contributed by atoms with E-state index in [1.165, 1.54) is 7.05 Å². The monoisotopic (exact) mass is 350 g/mol. The fourth-order valence-corrected chi connectivity index (χ4v) is 2.78. The zero-order valence-corrected chi connectivity index (χ0v) is 15.0. The molecule has 0 atom stereocenters. The van der Waals surface area contributed by atoms with Crippen LogP contribution in [0.15, 0.2) is 18.2 Å². The van der Waals surface area contributed by atoms with Gasteiger partial charge in [-0.05, 0) is 38.1 Å². The van der Waals surface area contributed by atoms with Crippen LogP contribution in [0.25, 0.3) is 10.6 Å². The molecule has 0 fully saturated rings. The van der Waals surface area contributed by atoms with Crippen LogP contribution in [0.5, 0.6) is 5.75 Å². The molecular weight excluding hydrogens is 328 g/mol. The molecule has 0 saturated carbocycles. The number of carbonyl (C=O) groups excluding carboxylic acids is 1. The average Bonchev–Trinajstić information content (AvgIpc) is 2.96. The largest absolute Gasteiger partial charge is 0.493 e. The minimum Gasteiger partial charge on any atom is -0.493 e. The third-order valence-corrected chi connectivity index (χ3v) is 4.14. The van der Waals surface area contributed by atoms with E-state index in [0.717, 1.165) is 17.6 Å². The summed E-state index contributed by atoms with van der Waals surface area (Å²) in [7, 11) is 1.50. The molecule has 0 unspecified atom stereocenters. The zero-order chi connectivity index (χ0) is 18.3. The summed E-state index contributed by atoms with van der Waals surface area (Å²) in [6.07, 6.45) is 0.734. The Morgan fingerprint density at radius 1 is 1.42 bits per heavy atom. The van der Waals surface area contributed by atoms with Crippen LogP contribution in [0.4, 0.5) is 0 Å². The number of aromatic nitrogens is 1. The Hall–Kier alpha value is -2.25. The number of aryl methyl sites for hydroxylation is 1. The smallest absolute Gasteiger partial charge is 0.347 e. The van der Waals surface area contributed by atoms with E-state index in [9.17, 15) is 9.59 Å². The molecule has 1 aromatic carbocycles. The summed E-state index contributed by atoms with van der Waals surface area (Å²) in [4.78, 5) is 26.8. The fourth-order valence-electron chi connectivity index (χ4n) is 1.88. The number of nitrogens with two attached hydrogens (primary N) is 1. The van der Waals surface area contributed by atoms with E-state index in [2.05, 4.69) is 10.7 Å². The number of carbonyl (C=O) groups is 2. The van der Waals surface area contributed by atoms with Crippen LogP contribution in [-0.2, 0) is 0 Å². The summed E-state index contributed by atoms with van der Waals surface area (Å²) in [6.45, 7) is 6.24. The summed E-state index contributed by atoms with van der Waals surface area (Å²) in [5, 5.41) is 9.66. The van der Waals surface area contributed by atoms with Crippen LogP contribution in [0.2, 0.25) is 0 Å². The first-order valence-electron chi connectivity index (χ1n) is 7.43. The van der Waals surface area contributed by atoms with Gasteiger partial charge in [-0.3, -0.25) is 4.79 Å². The first kappa shape index (κ1) is 19.8. The standard InChI is InChI=1S/C16H17NO4S.CH5N/c1-9(2)8-21-13-5-4-11(6-12(13)7-18)15-17-10(3)14(22-15)16(19)20;1-2/h4-7,9H,8H2,1-3H3,(H,19,20);2H2,1H3. The van der Waals surface area contributed by atoms with Crippen molar-refractivity contribution in [1.29, 1.82) is 0 Å². The summed E-state index contributed by atoms with van der Waals surface area (Å²) in [5.41, 5.74) is 6.11. The van der Waals surface area contributed by atoms with Crippen molar-refractivity contribution in [3.8, 4) is 16.3 Å². The number of thiazole rings is 1. The Morgan fingerprint density at radius 2 is 2.08 bits per heavy atom. The Morgan fingerprint density at radius 3 is 2.58 bits per heavy atom. The molecule has 0 radical (unpaired) electrons. The van der Waals surface area contributed by atoms with Crippen molar-refractivity contribution in [2.45, 2.75) is 20.8 Å². The van der Waals surface area contributed by atoms with Crippen LogP contribution < -0.4 is 10.5 Å². The number of nitrogens with zero attached hydrogens (tertiary/aromatic N) is 1. The molecule has 1 aromatic heterocycles. The number of carboxylic acids is 1. The molecular formula is C17H22N2O4S. The van der Waals surface area contributed by atoms with Crippen LogP contribution in [-0.4, -0.2) is 36.0 Å². The van der Waals surface area contributed by atoms with E-state index in [-0.39, 0.29) is 4.88 Å². The molecule has 0 aliphatic carbocycles. The maximum atomic E-state index is 11.2. The Kier molecular flexibility index (Phi) is 7.54. The van der Waals surface area contributed by atoms with E-state index in [1.54, 1.807) is 25.1 Å². The van der Waals surface area contributed by atoms with Crippen molar-refractivity contribution < 1.29 is 19.4 Å². The van der Waals surface area contributed by atoms with Crippen molar-refractivity contribution in [3.05, 3.63) is 34.3 Å². The van der Waals surface area contributed by atoms with Gasteiger partial charge in [-0.25, -0.2) is 9.78 Å². The highest BCUT2D eigenvalue weighted by Crippen LogP contribution is 2.31. The lowest BCUT2D eigenvalue weighted by Gasteiger charge is -2.11. The number of ether oxygens (including phenoxy) is 1. The second-order valence-electron chi connectivity index (χ2n) is 5.31. The van der Waals surface area contributed by atoms with Crippen LogP contribution in [0.3, 0.4) is 0 Å². The molecule has 3 N–H and O–H groups in total. The van der Waals surface area contributed by atoms with Crippen molar-refractivity contribution in [2.24, 2.45) is 11.7 Å². The molecule has 2 aromatic rings. The number of aromatic carboxylic acids is 1. The summed E-state index contributed by atoms with van der Waals surface area (Å²) in [6, 6.07) is 5.18. The number of carboxylic acid groups (broad SMARTS) is 1. The molecule has 0 saturated heterocycles. The highest BCUT2D eigenvalue weighted by atomic mass is 32.1. The fraction of sp³-hybridized carbons (Fsp3) is 0.353. The van der Waals surface area contributed by atoms with Gasteiger partial charge in [-0.2, -0.15) is 0 Å². The van der Waals surface area contributed by atoms with Gasteiger partial charge in [-0.15, -0.1) is 11.3 Å². The van der Waals surface area contributed by atoms with Gasteiger partial charge in [0.25, 0.3) is 0 Å². The second kappa shape index (κ2) is 9.14. The van der Waals surface area contributed by atoms with Crippen molar-refractivity contribution in [2.75, 3.05) is 13.7 Å². The lowest BCUT2D eigenvalue weighted by Crippen LogP contribution is -2.06. The number of hydrogen-bond donors (Lipinski definition) is 2. The van der Waals surface area contributed by atoms with E-state index in [4.69, 9.17) is 9.84 Å². The Labute approximate surface area is 145 Å². The second-order valence-corrected chi connectivity index (χ2v) is 6.31. The van der Waals surface area contributed by atoms with Crippen molar-refractivity contribution in [1.82, 2.24) is 4.98 Å². The molecule has 0 aliphatic heterocycles.